The maximum absolute atomic E-state index is 13.1. The first-order valence-electron chi connectivity index (χ1n) is 12.4. The van der Waals surface area contributed by atoms with E-state index in [0.717, 1.165) is 13.1 Å². The Bertz CT molecular complexity index is 1370. The summed E-state index contributed by atoms with van der Waals surface area (Å²) in [7, 11) is -3.30. The molecule has 8 nitrogen and oxygen atoms in total. The van der Waals surface area contributed by atoms with Crippen molar-refractivity contribution in [2.24, 2.45) is 0 Å². The third-order valence-corrected chi connectivity index (χ3v) is 7.24. The van der Waals surface area contributed by atoms with Crippen molar-refractivity contribution >= 4 is 33.0 Å². The first-order chi connectivity index (χ1) is 18.1. The molecule has 1 fully saturated rings. The number of carbonyl (C=O) groups is 1. The molecule has 1 saturated heterocycles. The number of hydrogen-bond acceptors (Lipinski definition) is 7. The van der Waals surface area contributed by atoms with Crippen LogP contribution in [0.2, 0.25) is 5.02 Å². The number of aromatic nitrogens is 1. The molecule has 0 aliphatic carbocycles. The van der Waals surface area contributed by atoms with E-state index in [9.17, 15) is 13.2 Å². The number of amides is 1. The minimum absolute atomic E-state index is 0.137. The van der Waals surface area contributed by atoms with Crippen molar-refractivity contribution in [2.75, 3.05) is 37.8 Å². The third kappa shape index (κ3) is 7.77. The van der Waals surface area contributed by atoms with Crippen molar-refractivity contribution < 1.29 is 22.7 Å². The van der Waals surface area contributed by atoms with Crippen LogP contribution in [0.1, 0.15) is 29.8 Å². The molecule has 2 heterocycles. The average Bonchev–Trinajstić information content (AvgIpc) is 2.85. The van der Waals surface area contributed by atoms with Gasteiger partial charge in [0.1, 0.15) is 12.4 Å². The standard InChI is InChI=1S/C28H32ClN3O5S/c1-19-16-32(17-20(2)37-19)12-13-36-27-14-21(7-8-22(27)18-38(3,34)35)28(33)31-23-9-10-25(29)24(15-23)26-6-4-5-11-30-26/h4-11,14-15,19-20H,12-13,16-18H2,1-3H3,(H,31,33). The number of nitrogens with zero attached hydrogens (tertiary/aromatic N) is 2. The van der Waals surface area contributed by atoms with Gasteiger partial charge >= 0.3 is 0 Å². The normalized spacial score (nSPS) is 18.2. The minimum atomic E-state index is -3.30. The number of nitrogens with one attached hydrogen (secondary N) is 1. The fourth-order valence-corrected chi connectivity index (χ4v) is 5.53. The molecule has 1 aliphatic heterocycles. The van der Waals surface area contributed by atoms with Gasteiger partial charge in [0.15, 0.2) is 9.84 Å². The Labute approximate surface area is 228 Å². The zero-order valence-corrected chi connectivity index (χ0v) is 23.3. The van der Waals surface area contributed by atoms with Gasteiger partial charge in [-0.3, -0.25) is 14.7 Å². The number of benzene rings is 2. The average molecular weight is 558 g/mol. The lowest BCUT2D eigenvalue weighted by Crippen LogP contribution is -2.46. The largest absolute Gasteiger partial charge is 0.492 e. The number of halogens is 1. The van der Waals surface area contributed by atoms with E-state index in [1.165, 1.54) is 6.26 Å². The van der Waals surface area contributed by atoms with Crippen LogP contribution in [0.3, 0.4) is 0 Å². The first kappa shape index (κ1) is 28.0. The second kappa shape index (κ2) is 12.3. The molecule has 10 heteroatoms. The number of hydrogen-bond donors (Lipinski definition) is 1. The van der Waals surface area contributed by atoms with Crippen LogP contribution < -0.4 is 10.1 Å². The number of sulfone groups is 1. The Morgan fingerprint density at radius 3 is 2.58 bits per heavy atom. The molecule has 4 rings (SSSR count). The predicted octanol–water partition coefficient (Wildman–Crippen LogP) is 4.69. The van der Waals surface area contributed by atoms with Crippen LogP contribution >= 0.6 is 11.6 Å². The molecule has 3 aromatic rings. The first-order valence-corrected chi connectivity index (χ1v) is 14.8. The van der Waals surface area contributed by atoms with Crippen LogP contribution in [0.25, 0.3) is 11.3 Å². The van der Waals surface area contributed by atoms with E-state index in [2.05, 4.69) is 15.2 Å². The summed E-state index contributed by atoms with van der Waals surface area (Å²) in [5, 5.41) is 3.41. The van der Waals surface area contributed by atoms with Gasteiger partial charge in [0, 0.05) is 54.5 Å². The lowest BCUT2D eigenvalue weighted by molar-refractivity contribution is -0.0699. The van der Waals surface area contributed by atoms with E-state index >= 15 is 0 Å². The number of morpholine rings is 1. The summed E-state index contributed by atoms with van der Waals surface area (Å²) in [6, 6.07) is 15.5. The van der Waals surface area contributed by atoms with Gasteiger partial charge in [0.25, 0.3) is 5.91 Å². The number of anilines is 1. The van der Waals surface area contributed by atoms with Gasteiger partial charge in [-0.1, -0.05) is 23.7 Å². The molecular formula is C28H32ClN3O5S. The quantitative estimate of drug-likeness (QED) is 0.407. The van der Waals surface area contributed by atoms with Gasteiger partial charge in [0.2, 0.25) is 0 Å². The zero-order chi connectivity index (χ0) is 27.3. The second-order valence-electron chi connectivity index (χ2n) is 9.62. The molecule has 2 unspecified atom stereocenters. The lowest BCUT2D eigenvalue weighted by Gasteiger charge is -2.35. The van der Waals surface area contributed by atoms with Gasteiger partial charge in [0.05, 0.1) is 28.7 Å². The number of pyridine rings is 1. The highest BCUT2D eigenvalue weighted by atomic mass is 35.5. The molecule has 38 heavy (non-hydrogen) atoms. The summed E-state index contributed by atoms with van der Waals surface area (Å²) in [6.07, 6.45) is 3.12. The molecule has 2 atom stereocenters. The molecular weight excluding hydrogens is 526 g/mol. The summed E-state index contributed by atoms with van der Waals surface area (Å²) < 4.78 is 35.8. The van der Waals surface area contributed by atoms with Gasteiger partial charge in [-0.05, 0) is 56.3 Å². The van der Waals surface area contributed by atoms with E-state index in [4.69, 9.17) is 21.1 Å². The molecule has 1 amide bonds. The van der Waals surface area contributed by atoms with E-state index in [-0.39, 0.29) is 23.9 Å². The molecule has 1 aromatic heterocycles. The van der Waals surface area contributed by atoms with Gasteiger partial charge in [-0.25, -0.2) is 8.42 Å². The Morgan fingerprint density at radius 1 is 1.13 bits per heavy atom. The van der Waals surface area contributed by atoms with Crippen molar-refractivity contribution in [3.05, 3.63) is 76.9 Å². The van der Waals surface area contributed by atoms with Crippen LogP contribution in [0.15, 0.2) is 60.8 Å². The maximum atomic E-state index is 13.1. The number of rotatable bonds is 9. The molecule has 1 aliphatic rings. The van der Waals surface area contributed by atoms with Crippen LogP contribution in [0, 0.1) is 0 Å². The Morgan fingerprint density at radius 2 is 1.89 bits per heavy atom. The van der Waals surface area contributed by atoms with Crippen molar-refractivity contribution in [3.63, 3.8) is 0 Å². The highest BCUT2D eigenvalue weighted by Crippen LogP contribution is 2.30. The maximum Gasteiger partial charge on any atom is 0.255 e. The molecule has 0 spiro atoms. The van der Waals surface area contributed by atoms with Crippen LogP contribution in [0.5, 0.6) is 5.75 Å². The molecule has 2 aromatic carbocycles. The molecule has 0 saturated carbocycles. The predicted molar refractivity (Wildman–Crippen MR) is 150 cm³/mol. The Balaban J connectivity index is 1.50. The monoisotopic (exact) mass is 557 g/mol. The van der Waals surface area contributed by atoms with Crippen molar-refractivity contribution in [1.82, 2.24) is 9.88 Å². The van der Waals surface area contributed by atoms with Gasteiger partial charge in [-0.15, -0.1) is 0 Å². The number of carbonyl (C=O) groups excluding carboxylic acids is 1. The van der Waals surface area contributed by atoms with Crippen LogP contribution in [0.4, 0.5) is 5.69 Å². The molecule has 0 bridgehead atoms. The van der Waals surface area contributed by atoms with Gasteiger partial charge in [-0.2, -0.15) is 0 Å². The topological polar surface area (TPSA) is 97.8 Å². The fourth-order valence-electron chi connectivity index (χ4n) is 4.51. The molecule has 202 valence electrons. The zero-order valence-electron chi connectivity index (χ0n) is 21.7. The molecule has 1 N–H and O–H groups in total. The Kier molecular flexibility index (Phi) is 9.04. The summed E-state index contributed by atoms with van der Waals surface area (Å²) in [4.78, 5) is 19.7. The van der Waals surface area contributed by atoms with Crippen molar-refractivity contribution in [3.8, 4) is 17.0 Å². The van der Waals surface area contributed by atoms with Crippen LogP contribution in [-0.2, 0) is 20.3 Å². The van der Waals surface area contributed by atoms with E-state index in [1.54, 1.807) is 42.6 Å². The van der Waals surface area contributed by atoms with E-state index in [0.29, 0.717) is 52.0 Å². The fraction of sp³-hybridized carbons (Fsp3) is 0.357. The van der Waals surface area contributed by atoms with Crippen molar-refractivity contribution in [2.45, 2.75) is 31.8 Å². The third-order valence-electron chi connectivity index (χ3n) is 6.07. The summed E-state index contributed by atoms with van der Waals surface area (Å²) in [6.45, 7) is 6.69. The SMILES string of the molecule is CC1CN(CCOc2cc(C(=O)Nc3ccc(Cl)c(-c4ccccn4)c3)ccc2CS(C)(=O)=O)CC(C)O1. The highest BCUT2D eigenvalue weighted by molar-refractivity contribution is 7.89. The summed E-state index contributed by atoms with van der Waals surface area (Å²) >= 11 is 6.37. The van der Waals surface area contributed by atoms with Gasteiger partial charge < -0.3 is 14.8 Å². The van der Waals surface area contributed by atoms with Crippen LogP contribution in [-0.4, -0.2) is 68.9 Å². The van der Waals surface area contributed by atoms with Crippen molar-refractivity contribution in [1.29, 1.82) is 0 Å². The summed E-state index contributed by atoms with van der Waals surface area (Å²) in [5.41, 5.74) is 2.80. The minimum Gasteiger partial charge on any atom is -0.492 e. The molecule has 0 radical (unpaired) electrons. The highest BCUT2D eigenvalue weighted by Gasteiger charge is 2.22. The van der Waals surface area contributed by atoms with E-state index < -0.39 is 9.84 Å². The summed E-state index contributed by atoms with van der Waals surface area (Å²) in [5.74, 6) is -0.158. The van der Waals surface area contributed by atoms with E-state index in [1.807, 2.05) is 32.0 Å². The Hall–Kier alpha value is -2.98. The smallest absolute Gasteiger partial charge is 0.255 e. The second-order valence-corrected chi connectivity index (χ2v) is 12.2. The lowest BCUT2D eigenvalue weighted by atomic mass is 10.1. The number of ether oxygens (including phenoxy) is 2.